The SMILES string of the molecule is Cc1ccccc1Nc1cc(N)nc(N2CCCCC2)n1. The van der Waals surface area contributed by atoms with Crippen LogP contribution in [0.1, 0.15) is 24.8 Å². The Hall–Kier alpha value is -2.30. The van der Waals surface area contributed by atoms with E-state index in [4.69, 9.17) is 5.73 Å². The van der Waals surface area contributed by atoms with Gasteiger partial charge in [-0.25, -0.2) is 0 Å². The van der Waals surface area contributed by atoms with E-state index in [1.165, 1.54) is 24.8 Å². The maximum atomic E-state index is 5.94. The highest BCUT2D eigenvalue weighted by molar-refractivity contribution is 5.63. The van der Waals surface area contributed by atoms with Crippen molar-refractivity contribution in [2.45, 2.75) is 26.2 Å². The maximum absolute atomic E-state index is 5.94. The number of aryl methyl sites for hydroxylation is 1. The van der Waals surface area contributed by atoms with Crippen LogP contribution in [0, 0.1) is 6.92 Å². The number of benzene rings is 1. The van der Waals surface area contributed by atoms with Crippen LogP contribution in [-0.4, -0.2) is 23.1 Å². The summed E-state index contributed by atoms with van der Waals surface area (Å²) < 4.78 is 0. The van der Waals surface area contributed by atoms with Gasteiger partial charge in [0.2, 0.25) is 5.95 Å². The lowest BCUT2D eigenvalue weighted by Crippen LogP contribution is -2.31. The molecule has 3 rings (SSSR count). The van der Waals surface area contributed by atoms with Crippen molar-refractivity contribution < 1.29 is 0 Å². The topological polar surface area (TPSA) is 67.1 Å². The molecule has 0 aliphatic carbocycles. The third-order valence-electron chi connectivity index (χ3n) is 3.78. The van der Waals surface area contributed by atoms with Crippen LogP contribution in [0.3, 0.4) is 0 Å². The Balaban J connectivity index is 1.85. The van der Waals surface area contributed by atoms with Crippen molar-refractivity contribution in [3.05, 3.63) is 35.9 Å². The molecule has 5 nitrogen and oxygen atoms in total. The standard InChI is InChI=1S/C16H21N5/c1-12-7-3-4-8-13(12)18-15-11-14(17)19-16(20-15)21-9-5-2-6-10-21/h3-4,7-8,11H,2,5-6,9-10H2,1H3,(H3,17,18,19,20). The monoisotopic (exact) mass is 283 g/mol. The van der Waals surface area contributed by atoms with Crippen LogP contribution >= 0.6 is 0 Å². The number of nitrogens with one attached hydrogen (secondary N) is 1. The number of hydrogen-bond donors (Lipinski definition) is 2. The summed E-state index contributed by atoms with van der Waals surface area (Å²) >= 11 is 0. The first-order chi connectivity index (χ1) is 10.2. The first-order valence-electron chi connectivity index (χ1n) is 7.44. The molecule has 0 atom stereocenters. The zero-order valence-corrected chi connectivity index (χ0v) is 12.3. The van der Waals surface area contributed by atoms with Crippen LogP contribution in [0.25, 0.3) is 0 Å². The molecule has 1 fully saturated rings. The van der Waals surface area contributed by atoms with Gasteiger partial charge >= 0.3 is 0 Å². The predicted molar refractivity (Wildman–Crippen MR) is 87.0 cm³/mol. The summed E-state index contributed by atoms with van der Waals surface area (Å²) in [4.78, 5) is 11.2. The lowest BCUT2D eigenvalue weighted by Gasteiger charge is -2.27. The van der Waals surface area contributed by atoms with Gasteiger partial charge < -0.3 is 16.0 Å². The van der Waals surface area contributed by atoms with E-state index < -0.39 is 0 Å². The summed E-state index contributed by atoms with van der Waals surface area (Å²) in [7, 11) is 0. The fourth-order valence-electron chi connectivity index (χ4n) is 2.60. The molecule has 1 aromatic heterocycles. The van der Waals surface area contributed by atoms with E-state index in [1.54, 1.807) is 6.07 Å². The number of nitrogen functional groups attached to an aromatic ring is 1. The number of para-hydroxylation sites is 1. The second kappa shape index (κ2) is 5.99. The van der Waals surface area contributed by atoms with Crippen LogP contribution in [0.15, 0.2) is 30.3 Å². The molecule has 1 aliphatic heterocycles. The summed E-state index contributed by atoms with van der Waals surface area (Å²) in [5, 5.41) is 3.33. The minimum Gasteiger partial charge on any atom is -0.383 e. The molecule has 0 unspecified atom stereocenters. The zero-order valence-electron chi connectivity index (χ0n) is 12.3. The third kappa shape index (κ3) is 3.24. The molecule has 0 radical (unpaired) electrons. The van der Waals surface area contributed by atoms with Gasteiger partial charge in [-0.3, -0.25) is 0 Å². The van der Waals surface area contributed by atoms with Crippen LogP contribution in [0.4, 0.5) is 23.3 Å². The smallest absolute Gasteiger partial charge is 0.229 e. The highest BCUT2D eigenvalue weighted by atomic mass is 15.3. The Morgan fingerprint density at radius 1 is 1.10 bits per heavy atom. The summed E-state index contributed by atoms with van der Waals surface area (Å²) in [5.41, 5.74) is 8.16. The Kier molecular flexibility index (Phi) is 3.90. The van der Waals surface area contributed by atoms with E-state index >= 15 is 0 Å². The maximum Gasteiger partial charge on any atom is 0.229 e. The normalized spacial score (nSPS) is 15.0. The number of piperidine rings is 1. The van der Waals surface area contributed by atoms with E-state index in [-0.39, 0.29) is 0 Å². The van der Waals surface area contributed by atoms with Gasteiger partial charge in [0.15, 0.2) is 0 Å². The van der Waals surface area contributed by atoms with Gasteiger partial charge in [0.25, 0.3) is 0 Å². The number of hydrogen-bond acceptors (Lipinski definition) is 5. The summed E-state index contributed by atoms with van der Waals surface area (Å²) in [6.45, 7) is 4.08. The molecular formula is C16H21N5. The molecule has 2 heterocycles. The Morgan fingerprint density at radius 2 is 1.86 bits per heavy atom. The minimum absolute atomic E-state index is 0.502. The summed E-state index contributed by atoms with van der Waals surface area (Å²) in [6.07, 6.45) is 3.67. The van der Waals surface area contributed by atoms with Crippen LogP contribution in [0.5, 0.6) is 0 Å². The molecule has 1 aromatic carbocycles. The molecule has 0 amide bonds. The van der Waals surface area contributed by atoms with Gasteiger partial charge in [0.1, 0.15) is 11.6 Å². The first-order valence-corrected chi connectivity index (χ1v) is 7.44. The quantitative estimate of drug-likeness (QED) is 0.906. The molecular weight excluding hydrogens is 262 g/mol. The number of rotatable bonds is 3. The van der Waals surface area contributed by atoms with E-state index in [0.29, 0.717) is 5.82 Å². The van der Waals surface area contributed by atoms with Crippen LogP contribution < -0.4 is 16.0 Å². The van der Waals surface area contributed by atoms with Crippen molar-refractivity contribution in [3.63, 3.8) is 0 Å². The van der Waals surface area contributed by atoms with Crippen molar-refractivity contribution in [3.8, 4) is 0 Å². The van der Waals surface area contributed by atoms with Crippen molar-refractivity contribution in [2.75, 3.05) is 29.0 Å². The van der Waals surface area contributed by atoms with Crippen LogP contribution in [0.2, 0.25) is 0 Å². The van der Waals surface area contributed by atoms with Gasteiger partial charge in [-0.2, -0.15) is 9.97 Å². The van der Waals surface area contributed by atoms with Gasteiger partial charge in [0, 0.05) is 24.8 Å². The molecule has 0 spiro atoms. The zero-order chi connectivity index (χ0) is 14.7. The fraction of sp³-hybridized carbons (Fsp3) is 0.375. The molecule has 5 heteroatoms. The van der Waals surface area contributed by atoms with Crippen molar-refractivity contribution >= 4 is 23.3 Å². The largest absolute Gasteiger partial charge is 0.383 e. The molecule has 21 heavy (non-hydrogen) atoms. The molecule has 2 aromatic rings. The fourth-order valence-corrected chi connectivity index (χ4v) is 2.60. The first kappa shape index (κ1) is 13.7. The molecule has 0 bridgehead atoms. The van der Waals surface area contributed by atoms with E-state index in [9.17, 15) is 0 Å². The molecule has 110 valence electrons. The molecule has 1 aliphatic rings. The average Bonchev–Trinajstić information content (AvgIpc) is 2.50. The highest BCUT2D eigenvalue weighted by Crippen LogP contribution is 2.23. The van der Waals surface area contributed by atoms with Crippen molar-refractivity contribution in [1.29, 1.82) is 0 Å². The van der Waals surface area contributed by atoms with Gasteiger partial charge in [-0.05, 0) is 37.8 Å². The number of aromatic nitrogens is 2. The summed E-state index contributed by atoms with van der Waals surface area (Å²) in [5.74, 6) is 1.98. The number of anilines is 4. The lowest BCUT2D eigenvalue weighted by atomic mass is 10.1. The van der Waals surface area contributed by atoms with Gasteiger partial charge in [-0.1, -0.05) is 18.2 Å². The molecule has 0 saturated carbocycles. The highest BCUT2D eigenvalue weighted by Gasteiger charge is 2.15. The summed E-state index contributed by atoms with van der Waals surface area (Å²) in [6, 6.07) is 9.91. The van der Waals surface area contributed by atoms with E-state index in [2.05, 4.69) is 33.2 Å². The Morgan fingerprint density at radius 3 is 2.62 bits per heavy atom. The predicted octanol–water partition coefficient (Wildman–Crippen LogP) is 3.10. The van der Waals surface area contributed by atoms with Gasteiger partial charge in [-0.15, -0.1) is 0 Å². The second-order valence-electron chi connectivity index (χ2n) is 5.47. The average molecular weight is 283 g/mol. The molecule has 1 saturated heterocycles. The van der Waals surface area contributed by atoms with Crippen molar-refractivity contribution in [1.82, 2.24) is 9.97 Å². The Labute approximate surface area is 125 Å². The number of nitrogens with zero attached hydrogens (tertiary/aromatic N) is 3. The Bertz CT molecular complexity index is 620. The lowest BCUT2D eigenvalue weighted by molar-refractivity contribution is 0.568. The third-order valence-corrected chi connectivity index (χ3v) is 3.78. The number of nitrogens with two attached hydrogens (primary N) is 1. The minimum atomic E-state index is 0.502. The van der Waals surface area contributed by atoms with Crippen LogP contribution in [-0.2, 0) is 0 Å². The van der Waals surface area contributed by atoms with E-state index in [0.717, 1.165) is 30.5 Å². The van der Waals surface area contributed by atoms with E-state index in [1.807, 2.05) is 18.2 Å². The second-order valence-corrected chi connectivity index (χ2v) is 5.47. The van der Waals surface area contributed by atoms with Gasteiger partial charge in [0.05, 0.1) is 0 Å². The molecule has 3 N–H and O–H groups in total. The van der Waals surface area contributed by atoms with Crippen molar-refractivity contribution in [2.24, 2.45) is 0 Å².